The van der Waals surface area contributed by atoms with Crippen molar-refractivity contribution in [3.8, 4) is 10.4 Å². The summed E-state index contributed by atoms with van der Waals surface area (Å²) in [6, 6.07) is 7.62. The Morgan fingerprint density at radius 3 is 2.81 bits per heavy atom. The summed E-state index contributed by atoms with van der Waals surface area (Å²) in [5, 5.41) is 7.68. The SMILES string of the molecule is CC(=O)NCc1ccc(-c2cnc(C3CN(C(C)C)C3)s2)cc1C1CCN1. The van der Waals surface area contributed by atoms with E-state index in [1.807, 2.05) is 17.5 Å². The molecule has 1 unspecified atom stereocenters. The number of amides is 1. The Labute approximate surface area is 165 Å². The molecule has 0 saturated carbocycles. The van der Waals surface area contributed by atoms with Crippen molar-refractivity contribution in [1.29, 1.82) is 0 Å². The van der Waals surface area contributed by atoms with Gasteiger partial charge in [-0.15, -0.1) is 11.3 Å². The monoisotopic (exact) mass is 384 g/mol. The summed E-state index contributed by atoms with van der Waals surface area (Å²) >= 11 is 1.83. The van der Waals surface area contributed by atoms with Crippen molar-refractivity contribution in [3.05, 3.63) is 40.5 Å². The van der Waals surface area contributed by atoms with E-state index in [-0.39, 0.29) is 5.91 Å². The average molecular weight is 385 g/mol. The molecular formula is C21H28N4OS. The summed E-state index contributed by atoms with van der Waals surface area (Å²) in [5.74, 6) is 0.590. The molecule has 5 nitrogen and oxygen atoms in total. The van der Waals surface area contributed by atoms with Gasteiger partial charge in [-0.25, -0.2) is 4.98 Å². The van der Waals surface area contributed by atoms with Gasteiger partial charge in [0.05, 0.1) is 9.88 Å². The van der Waals surface area contributed by atoms with Gasteiger partial charge < -0.3 is 10.6 Å². The highest BCUT2D eigenvalue weighted by atomic mass is 32.1. The van der Waals surface area contributed by atoms with Crippen molar-refractivity contribution < 1.29 is 4.79 Å². The van der Waals surface area contributed by atoms with E-state index in [9.17, 15) is 4.79 Å². The zero-order valence-corrected chi connectivity index (χ0v) is 17.1. The van der Waals surface area contributed by atoms with E-state index in [0.717, 1.165) is 26.1 Å². The second-order valence-electron chi connectivity index (χ2n) is 7.93. The number of nitrogens with one attached hydrogen (secondary N) is 2. The minimum Gasteiger partial charge on any atom is -0.352 e. The number of carbonyl (C=O) groups excluding carboxylic acids is 1. The van der Waals surface area contributed by atoms with Crippen molar-refractivity contribution >= 4 is 17.2 Å². The van der Waals surface area contributed by atoms with Gasteiger partial charge >= 0.3 is 0 Å². The molecule has 1 amide bonds. The second-order valence-corrected chi connectivity index (χ2v) is 8.99. The number of aromatic nitrogens is 1. The Morgan fingerprint density at radius 2 is 2.19 bits per heavy atom. The zero-order chi connectivity index (χ0) is 19.0. The maximum absolute atomic E-state index is 11.3. The van der Waals surface area contributed by atoms with E-state index in [0.29, 0.717) is 24.5 Å². The van der Waals surface area contributed by atoms with Gasteiger partial charge in [0.1, 0.15) is 0 Å². The highest BCUT2D eigenvalue weighted by Crippen LogP contribution is 2.37. The fourth-order valence-electron chi connectivity index (χ4n) is 3.71. The van der Waals surface area contributed by atoms with Gasteiger partial charge in [0.2, 0.25) is 5.91 Å². The van der Waals surface area contributed by atoms with Crippen LogP contribution in [0.2, 0.25) is 0 Å². The third-order valence-electron chi connectivity index (χ3n) is 5.67. The first-order chi connectivity index (χ1) is 13.0. The number of carbonyl (C=O) groups is 1. The molecular weight excluding hydrogens is 356 g/mol. The fourth-order valence-corrected chi connectivity index (χ4v) is 4.70. The molecule has 2 saturated heterocycles. The van der Waals surface area contributed by atoms with E-state index >= 15 is 0 Å². The molecule has 0 aliphatic carbocycles. The van der Waals surface area contributed by atoms with Crippen LogP contribution in [0, 0.1) is 0 Å². The number of hydrogen-bond donors (Lipinski definition) is 2. The highest BCUT2D eigenvalue weighted by molar-refractivity contribution is 7.15. The minimum atomic E-state index is 0.00892. The molecule has 27 heavy (non-hydrogen) atoms. The molecule has 2 N–H and O–H groups in total. The third-order valence-corrected chi connectivity index (χ3v) is 6.88. The maximum atomic E-state index is 11.3. The summed E-state index contributed by atoms with van der Waals surface area (Å²) in [5.41, 5.74) is 3.73. The molecule has 1 aromatic heterocycles. The molecule has 144 valence electrons. The summed E-state index contributed by atoms with van der Waals surface area (Å²) < 4.78 is 0. The van der Waals surface area contributed by atoms with Gasteiger partial charge in [0.25, 0.3) is 0 Å². The van der Waals surface area contributed by atoms with Crippen LogP contribution in [0.15, 0.2) is 24.4 Å². The number of thiazole rings is 1. The smallest absolute Gasteiger partial charge is 0.217 e. The minimum absolute atomic E-state index is 0.00892. The first kappa shape index (κ1) is 18.6. The lowest BCUT2D eigenvalue weighted by molar-refractivity contribution is -0.119. The molecule has 0 radical (unpaired) electrons. The van der Waals surface area contributed by atoms with E-state index < -0.39 is 0 Å². The molecule has 6 heteroatoms. The van der Waals surface area contributed by atoms with Crippen LogP contribution in [-0.4, -0.2) is 41.5 Å². The van der Waals surface area contributed by atoms with Crippen LogP contribution in [-0.2, 0) is 11.3 Å². The van der Waals surface area contributed by atoms with Crippen LogP contribution in [0.25, 0.3) is 10.4 Å². The summed E-state index contributed by atoms with van der Waals surface area (Å²) in [4.78, 5) is 19.7. The predicted octanol–water partition coefficient (Wildman–Crippen LogP) is 3.29. The maximum Gasteiger partial charge on any atom is 0.217 e. The van der Waals surface area contributed by atoms with Crippen molar-refractivity contribution in [3.63, 3.8) is 0 Å². The molecule has 0 spiro atoms. The van der Waals surface area contributed by atoms with Crippen molar-refractivity contribution in [2.45, 2.75) is 51.7 Å². The lowest BCUT2D eigenvalue weighted by atomic mass is 9.91. The Balaban J connectivity index is 1.53. The van der Waals surface area contributed by atoms with E-state index in [2.05, 4.69) is 47.6 Å². The predicted molar refractivity (Wildman–Crippen MR) is 110 cm³/mol. The van der Waals surface area contributed by atoms with E-state index in [1.54, 1.807) is 6.92 Å². The van der Waals surface area contributed by atoms with Gasteiger partial charge in [-0.3, -0.25) is 9.69 Å². The standard InChI is InChI=1S/C21H28N4OS/c1-13(2)25-11-17(12-25)21-24-10-20(27-21)15-4-5-16(9-23-14(3)26)18(8-15)19-6-7-22-19/h4-5,8,10,13,17,19,22H,6-7,9,11-12H2,1-3H3,(H,23,26). The van der Waals surface area contributed by atoms with Crippen LogP contribution >= 0.6 is 11.3 Å². The largest absolute Gasteiger partial charge is 0.352 e. The Bertz CT molecular complexity index is 821. The van der Waals surface area contributed by atoms with Gasteiger partial charge in [-0.05, 0) is 49.6 Å². The first-order valence-electron chi connectivity index (χ1n) is 9.82. The number of benzene rings is 1. The molecule has 2 fully saturated rings. The number of rotatable bonds is 6. The fraction of sp³-hybridized carbons (Fsp3) is 0.524. The average Bonchev–Trinajstić information content (AvgIpc) is 2.99. The molecule has 1 atom stereocenters. The van der Waals surface area contributed by atoms with Gasteiger partial charge in [0, 0.05) is 50.8 Å². The molecule has 1 aromatic carbocycles. The van der Waals surface area contributed by atoms with Crippen LogP contribution < -0.4 is 10.6 Å². The summed E-state index contributed by atoms with van der Waals surface area (Å²) in [7, 11) is 0. The molecule has 2 aliphatic heterocycles. The summed E-state index contributed by atoms with van der Waals surface area (Å²) in [6.07, 6.45) is 3.18. The molecule has 2 aromatic rings. The van der Waals surface area contributed by atoms with Crippen LogP contribution in [0.4, 0.5) is 0 Å². The topological polar surface area (TPSA) is 57.3 Å². The van der Waals surface area contributed by atoms with E-state index in [1.165, 1.54) is 26.6 Å². The Kier molecular flexibility index (Phi) is 5.30. The Morgan fingerprint density at radius 1 is 1.41 bits per heavy atom. The van der Waals surface area contributed by atoms with E-state index in [4.69, 9.17) is 4.98 Å². The number of hydrogen-bond acceptors (Lipinski definition) is 5. The van der Waals surface area contributed by atoms with Gasteiger partial charge in [-0.2, -0.15) is 0 Å². The van der Waals surface area contributed by atoms with Crippen LogP contribution in [0.3, 0.4) is 0 Å². The summed E-state index contributed by atoms with van der Waals surface area (Å²) in [6.45, 7) is 9.96. The van der Waals surface area contributed by atoms with Crippen molar-refractivity contribution in [1.82, 2.24) is 20.5 Å². The third kappa shape index (κ3) is 3.93. The zero-order valence-electron chi connectivity index (χ0n) is 16.3. The second kappa shape index (κ2) is 7.70. The lowest BCUT2D eigenvalue weighted by Gasteiger charge is -2.41. The Hall–Kier alpha value is -1.76. The molecule has 3 heterocycles. The van der Waals surface area contributed by atoms with Gasteiger partial charge in [0.15, 0.2) is 0 Å². The number of nitrogens with zero attached hydrogens (tertiary/aromatic N) is 2. The quantitative estimate of drug-likeness (QED) is 0.802. The molecule has 2 aliphatic rings. The lowest BCUT2D eigenvalue weighted by Crippen LogP contribution is -2.48. The molecule has 0 bridgehead atoms. The normalized spacial score (nSPS) is 20.4. The highest BCUT2D eigenvalue weighted by Gasteiger charge is 2.32. The van der Waals surface area contributed by atoms with Crippen LogP contribution in [0.1, 0.15) is 55.3 Å². The van der Waals surface area contributed by atoms with Crippen molar-refractivity contribution in [2.75, 3.05) is 19.6 Å². The number of likely N-dealkylation sites (tertiary alicyclic amines) is 1. The molecule has 4 rings (SSSR count). The van der Waals surface area contributed by atoms with Crippen LogP contribution in [0.5, 0.6) is 0 Å². The van der Waals surface area contributed by atoms with Gasteiger partial charge in [-0.1, -0.05) is 12.1 Å². The first-order valence-corrected chi connectivity index (χ1v) is 10.6. The van der Waals surface area contributed by atoms with Crippen molar-refractivity contribution in [2.24, 2.45) is 0 Å².